The van der Waals surface area contributed by atoms with Crippen molar-refractivity contribution in [3.05, 3.63) is 283 Å². The summed E-state index contributed by atoms with van der Waals surface area (Å²) in [7, 11) is 0. The predicted molar refractivity (Wildman–Crippen MR) is 333 cm³/mol. The molecule has 374 valence electrons. The van der Waals surface area contributed by atoms with Crippen molar-refractivity contribution in [1.82, 2.24) is 9.13 Å². The van der Waals surface area contributed by atoms with E-state index in [0.717, 1.165) is 17.1 Å². The fourth-order valence-electron chi connectivity index (χ4n) is 13.9. The minimum atomic E-state index is -0.257. The molecule has 2 aliphatic rings. The van der Waals surface area contributed by atoms with Crippen LogP contribution in [0.5, 0.6) is 0 Å². The topological polar surface area (TPSA) is 13.1 Å². The molecule has 0 N–H and O–H groups in total. The molecule has 16 rings (SSSR count). The van der Waals surface area contributed by atoms with Gasteiger partial charge in [-0.3, -0.25) is 0 Å². The number of fused-ring (bicyclic) bond motifs is 13. The predicted octanol–water partition coefficient (Wildman–Crippen LogP) is 20.5. The number of hydrogen-bond donors (Lipinski definition) is 0. The first kappa shape index (κ1) is 45.5. The summed E-state index contributed by atoms with van der Waals surface area (Å²) in [5.41, 5.74) is 25.7. The van der Waals surface area contributed by atoms with Crippen LogP contribution in [0.3, 0.4) is 0 Å². The van der Waals surface area contributed by atoms with Gasteiger partial charge in [0, 0.05) is 60.5 Å². The van der Waals surface area contributed by atoms with Gasteiger partial charge in [0.1, 0.15) is 0 Å². The molecule has 2 heterocycles. The minimum Gasteiger partial charge on any atom is -0.310 e. The number of nitrogens with zero attached hydrogens (tertiary/aromatic N) is 3. The van der Waals surface area contributed by atoms with Crippen molar-refractivity contribution < 1.29 is 0 Å². The first-order valence-electron chi connectivity index (χ1n) is 27.7. The second kappa shape index (κ2) is 16.9. The van der Waals surface area contributed by atoms with Crippen molar-refractivity contribution in [1.29, 1.82) is 0 Å². The van der Waals surface area contributed by atoms with E-state index in [1.807, 2.05) is 0 Å². The highest BCUT2D eigenvalue weighted by Gasteiger charge is 2.39. The third-order valence-corrected chi connectivity index (χ3v) is 17.9. The van der Waals surface area contributed by atoms with Crippen molar-refractivity contribution >= 4 is 71.4 Å². The summed E-state index contributed by atoms with van der Waals surface area (Å²) in [4.78, 5) is 2.51. The normalized spacial score (nSPS) is 13.8. The van der Waals surface area contributed by atoms with Crippen LogP contribution in [0.4, 0.5) is 17.1 Å². The molecule has 2 aromatic heterocycles. The van der Waals surface area contributed by atoms with E-state index >= 15 is 0 Å². The Bertz CT molecular complexity index is 4830. The second-order valence-corrected chi connectivity index (χ2v) is 22.9. The molecule has 0 saturated heterocycles. The summed E-state index contributed by atoms with van der Waals surface area (Å²) >= 11 is 0. The van der Waals surface area contributed by atoms with Crippen LogP contribution in [0.15, 0.2) is 261 Å². The SMILES string of the molecule is CC1(C)c2cc(-c3ccc4c(c3)c3ccccc3n4-c3ccccc3)ccc2-c2ccc(N(c3ccc4c(c3)C(C)(C)c3cc(-c5ccc6c7ccccc7n(-c7ccccc7)c6c5)ccc3-4)c3cccc4ccccc34)cc21. The van der Waals surface area contributed by atoms with E-state index in [1.54, 1.807) is 0 Å². The molecule has 0 radical (unpaired) electrons. The summed E-state index contributed by atoms with van der Waals surface area (Å²) in [5.74, 6) is 0. The number of rotatable bonds is 7. The number of hydrogen-bond acceptors (Lipinski definition) is 1. The van der Waals surface area contributed by atoms with Gasteiger partial charge in [-0.1, -0.05) is 191 Å². The number of anilines is 3. The van der Waals surface area contributed by atoms with Crippen molar-refractivity contribution in [3.8, 4) is 55.9 Å². The van der Waals surface area contributed by atoms with E-state index in [1.165, 1.54) is 133 Å². The Morgan fingerprint density at radius 2 is 0.684 bits per heavy atom. The summed E-state index contributed by atoms with van der Waals surface area (Å²) in [6.07, 6.45) is 0. The minimum absolute atomic E-state index is 0.253. The van der Waals surface area contributed by atoms with Gasteiger partial charge in [-0.05, 0) is 169 Å². The first-order chi connectivity index (χ1) is 38.7. The Morgan fingerprint density at radius 3 is 1.28 bits per heavy atom. The zero-order valence-electron chi connectivity index (χ0n) is 44.7. The van der Waals surface area contributed by atoms with Gasteiger partial charge in [-0.15, -0.1) is 0 Å². The number of benzene rings is 12. The molecule has 14 aromatic rings. The summed E-state index contributed by atoms with van der Waals surface area (Å²) in [5, 5.41) is 7.50. The van der Waals surface area contributed by atoms with Crippen LogP contribution in [0.1, 0.15) is 49.9 Å². The maximum atomic E-state index is 2.51. The molecule has 0 fully saturated rings. The van der Waals surface area contributed by atoms with Crippen molar-refractivity contribution in [2.75, 3.05) is 4.90 Å². The van der Waals surface area contributed by atoms with Gasteiger partial charge in [0.05, 0.1) is 27.8 Å². The van der Waals surface area contributed by atoms with Gasteiger partial charge in [0.15, 0.2) is 0 Å². The van der Waals surface area contributed by atoms with Gasteiger partial charge in [0.25, 0.3) is 0 Å². The third kappa shape index (κ3) is 6.72. The molecule has 12 aromatic carbocycles. The Kier molecular flexibility index (Phi) is 9.73. The average Bonchev–Trinajstić information content (AvgIpc) is 4.28. The molecule has 0 atom stereocenters. The lowest BCUT2D eigenvalue weighted by Crippen LogP contribution is -2.18. The lowest BCUT2D eigenvalue weighted by molar-refractivity contribution is 0.660. The first-order valence-corrected chi connectivity index (χ1v) is 27.7. The molecule has 0 saturated carbocycles. The van der Waals surface area contributed by atoms with Gasteiger partial charge >= 0.3 is 0 Å². The van der Waals surface area contributed by atoms with Gasteiger partial charge in [0.2, 0.25) is 0 Å². The van der Waals surface area contributed by atoms with Crippen molar-refractivity contribution in [3.63, 3.8) is 0 Å². The fraction of sp³-hybridized carbons (Fsp3) is 0.0789. The quantitative estimate of drug-likeness (QED) is 0.155. The molecule has 0 unspecified atom stereocenters. The summed E-state index contributed by atoms with van der Waals surface area (Å²) in [6, 6.07) is 97.4. The van der Waals surface area contributed by atoms with Gasteiger partial charge < -0.3 is 14.0 Å². The molecular weight excluding hydrogens is 955 g/mol. The van der Waals surface area contributed by atoms with Crippen LogP contribution >= 0.6 is 0 Å². The summed E-state index contributed by atoms with van der Waals surface area (Å²) in [6.45, 7) is 9.64. The van der Waals surface area contributed by atoms with Crippen molar-refractivity contribution in [2.24, 2.45) is 0 Å². The smallest absolute Gasteiger partial charge is 0.0547 e. The standard InChI is InChI=1S/C76H55N3/c1-75(2)66-43-50(49-33-41-73-65(42-49)63-26-14-16-28-72(63)78(73)53-20-7-5-8-21-53)30-36-58(66)60-39-34-55(46-68(60)75)77(70-29-17-19-48-18-11-12-24-57(48)70)56-35-40-61-59-37-31-51(44-67(59)76(3,4)69(61)47-56)52-32-38-64-62-25-13-15-27-71(62)79(74(64)45-52)54-22-9-6-10-23-54/h5-47H,1-4H3. The zero-order valence-corrected chi connectivity index (χ0v) is 44.7. The van der Waals surface area contributed by atoms with E-state index < -0.39 is 0 Å². The molecule has 0 aliphatic heterocycles. The van der Waals surface area contributed by atoms with Gasteiger partial charge in [-0.25, -0.2) is 0 Å². The lowest BCUT2D eigenvalue weighted by atomic mass is 9.81. The van der Waals surface area contributed by atoms with E-state index in [-0.39, 0.29) is 10.8 Å². The molecule has 2 aliphatic carbocycles. The number of aromatic nitrogens is 2. The maximum absolute atomic E-state index is 2.51. The van der Waals surface area contributed by atoms with E-state index in [9.17, 15) is 0 Å². The molecule has 3 nitrogen and oxygen atoms in total. The van der Waals surface area contributed by atoms with Crippen LogP contribution in [-0.2, 0) is 10.8 Å². The Morgan fingerprint density at radius 1 is 0.278 bits per heavy atom. The van der Waals surface area contributed by atoms with E-state index in [0.29, 0.717) is 0 Å². The average molecular weight is 1010 g/mol. The highest BCUT2D eigenvalue weighted by atomic mass is 15.1. The van der Waals surface area contributed by atoms with Crippen molar-refractivity contribution in [2.45, 2.75) is 38.5 Å². The molecule has 0 bridgehead atoms. The maximum Gasteiger partial charge on any atom is 0.0547 e. The second-order valence-electron chi connectivity index (χ2n) is 22.9. The highest BCUT2D eigenvalue weighted by molar-refractivity contribution is 6.12. The van der Waals surface area contributed by atoms with Crippen LogP contribution in [-0.4, -0.2) is 9.13 Å². The third-order valence-electron chi connectivity index (χ3n) is 17.9. The lowest BCUT2D eigenvalue weighted by Gasteiger charge is -2.30. The van der Waals surface area contributed by atoms with Crippen LogP contribution in [0, 0.1) is 0 Å². The van der Waals surface area contributed by atoms with E-state index in [4.69, 9.17) is 0 Å². The molecule has 0 amide bonds. The molecule has 3 heteroatoms. The van der Waals surface area contributed by atoms with Gasteiger partial charge in [-0.2, -0.15) is 0 Å². The monoisotopic (exact) mass is 1010 g/mol. The van der Waals surface area contributed by atoms with Crippen LogP contribution < -0.4 is 4.90 Å². The highest BCUT2D eigenvalue weighted by Crippen LogP contribution is 2.55. The fourth-order valence-corrected chi connectivity index (χ4v) is 13.9. The summed E-state index contributed by atoms with van der Waals surface area (Å²) < 4.78 is 4.80. The van der Waals surface area contributed by atoms with Crippen LogP contribution in [0.2, 0.25) is 0 Å². The molecular formula is C76H55N3. The van der Waals surface area contributed by atoms with E-state index in [2.05, 4.69) is 303 Å². The zero-order chi connectivity index (χ0) is 52.7. The largest absolute Gasteiger partial charge is 0.310 e. The number of para-hydroxylation sites is 4. The molecule has 79 heavy (non-hydrogen) atoms. The van der Waals surface area contributed by atoms with Crippen LogP contribution in [0.25, 0.3) is 110 Å². The Balaban J connectivity index is 0.781. The molecule has 0 spiro atoms. The Hall–Kier alpha value is -9.70. The Labute approximate surface area is 460 Å².